The normalized spacial score (nSPS) is 12.9. The number of aryl methyl sites for hydroxylation is 1. The van der Waals surface area contributed by atoms with Gasteiger partial charge in [0.25, 0.3) is 0 Å². The predicted octanol–water partition coefficient (Wildman–Crippen LogP) is 2.41. The summed E-state index contributed by atoms with van der Waals surface area (Å²) in [4.78, 5) is 3.51. The molecular formula is C7H6F3N. The highest BCUT2D eigenvalue weighted by molar-refractivity contribution is 5.18. The Morgan fingerprint density at radius 1 is 1.55 bits per heavy atom. The molecule has 0 aliphatic heterocycles. The minimum atomic E-state index is -4.39. The zero-order chi connectivity index (χ0) is 9.35. The van der Waals surface area contributed by atoms with Crippen LogP contribution in [0.25, 0.3) is 0 Å². The second-order valence-electron chi connectivity index (χ2n) is 2.12. The Morgan fingerprint density at radius 2 is 2.18 bits per heavy atom. The summed E-state index contributed by atoms with van der Waals surface area (Å²) in [5.74, 6) is 0. The number of hydrogen-bond donors (Lipinski definition) is 0. The van der Waals surface area contributed by atoms with Crippen LogP contribution in [0.3, 0.4) is 0 Å². The lowest BCUT2D eigenvalue weighted by molar-refractivity contribution is -0.137. The first-order valence-electron chi connectivity index (χ1n) is 3.42. The highest BCUT2D eigenvalue weighted by Gasteiger charge is 2.30. The van der Waals surface area contributed by atoms with Crippen LogP contribution in [0.5, 0.6) is 0 Å². The lowest BCUT2D eigenvalue weighted by Crippen LogP contribution is -2.05. The van der Waals surface area contributed by atoms with Gasteiger partial charge in [0.2, 0.25) is 0 Å². The number of alkyl halides is 3. The van der Waals surface area contributed by atoms with E-state index in [1.54, 1.807) is 0 Å². The van der Waals surface area contributed by atoms with Crippen molar-refractivity contribution >= 4 is 0 Å². The summed E-state index contributed by atoms with van der Waals surface area (Å²) in [5, 5.41) is 0. The fourth-order valence-corrected chi connectivity index (χ4v) is 0.666. The van der Waals surface area contributed by atoms with Gasteiger partial charge in [-0.2, -0.15) is 13.2 Å². The molecule has 0 radical (unpaired) electrons. The molecule has 0 spiro atoms. The predicted molar refractivity (Wildman–Crippen MR) is 34.0 cm³/mol. The molecule has 0 unspecified atom stereocenters. The van der Waals surface area contributed by atoms with E-state index in [4.69, 9.17) is 1.37 Å². The molecule has 1 nitrogen and oxygen atoms in total. The third-order valence-corrected chi connectivity index (χ3v) is 1.15. The Kier molecular flexibility index (Phi) is 1.52. The average Bonchev–Trinajstić information content (AvgIpc) is 1.82. The standard InChI is InChI=1S/C7H6F3N/c1-5-4-6(2-3-11-5)7(8,9)10/h2-4H,1H3/i3D. The molecular weight excluding hydrogens is 155 g/mol. The Hall–Kier alpha value is -1.06. The summed E-state index contributed by atoms with van der Waals surface area (Å²) >= 11 is 0. The molecule has 1 aromatic rings. The largest absolute Gasteiger partial charge is 0.416 e. The van der Waals surface area contributed by atoms with Gasteiger partial charge in [-0.15, -0.1) is 0 Å². The van der Waals surface area contributed by atoms with Gasteiger partial charge in [-0.05, 0) is 19.1 Å². The van der Waals surface area contributed by atoms with Crippen molar-refractivity contribution in [2.24, 2.45) is 0 Å². The van der Waals surface area contributed by atoms with Crippen LogP contribution in [0.2, 0.25) is 0 Å². The van der Waals surface area contributed by atoms with E-state index in [-0.39, 0.29) is 11.9 Å². The molecule has 1 aromatic heterocycles. The van der Waals surface area contributed by atoms with E-state index in [1.165, 1.54) is 6.92 Å². The third kappa shape index (κ3) is 1.93. The minimum Gasteiger partial charge on any atom is -0.262 e. The molecule has 0 aromatic carbocycles. The summed E-state index contributed by atoms with van der Waals surface area (Å²) < 4.78 is 43.1. The van der Waals surface area contributed by atoms with Crippen molar-refractivity contribution in [3.05, 3.63) is 29.6 Å². The van der Waals surface area contributed by atoms with Gasteiger partial charge in [0.05, 0.1) is 6.93 Å². The van der Waals surface area contributed by atoms with Crippen LogP contribution in [0.15, 0.2) is 18.3 Å². The van der Waals surface area contributed by atoms with E-state index < -0.39 is 11.7 Å². The Labute approximate surface area is 63.3 Å². The fraction of sp³-hybridized carbons (Fsp3) is 0.286. The first-order chi connectivity index (χ1) is 5.39. The molecule has 0 fully saturated rings. The molecule has 4 heteroatoms. The average molecular weight is 162 g/mol. The molecule has 0 atom stereocenters. The zero-order valence-electron chi connectivity index (χ0n) is 6.74. The van der Waals surface area contributed by atoms with Gasteiger partial charge in [0.1, 0.15) is 0 Å². The maximum Gasteiger partial charge on any atom is 0.416 e. The number of hydrogen-bond acceptors (Lipinski definition) is 1. The summed E-state index contributed by atoms with van der Waals surface area (Å²) in [7, 11) is 0. The zero-order valence-corrected chi connectivity index (χ0v) is 5.74. The number of aromatic nitrogens is 1. The number of halogens is 3. The Bertz CT molecular complexity index is 275. The van der Waals surface area contributed by atoms with Crippen molar-refractivity contribution < 1.29 is 14.5 Å². The van der Waals surface area contributed by atoms with Gasteiger partial charge in [-0.3, -0.25) is 4.98 Å². The topological polar surface area (TPSA) is 12.9 Å². The first-order valence-corrected chi connectivity index (χ1v) is 2.92. The van der Waals surface area contributed by atoms with Gasteiger partial charge in [0, 0.05) is 11.9 Å². The monoisotopic (exact) mass is 162 g/mol. The van der Waals surface area contributed by atoms with Crippen LogP contribution in [0.4, 0.5) is 13.2 Å². The SMILES string of the molecule is [2H]c1cc(C(F)(F)F)cc(C)n1. The summed E-state index contributed by atoms with van der Waals surface area (Å²) in [6.07, 6.45) is -4.74. The summed E-state index contributed by atoms with van der Waals surface area (Å²) in [6, 6.07) is 1.62. The maximum atomic E-state index is 12.0. The smallest absolute Gasteiger partial charge is 0.262 e. The Balaban J connectivity index is 3.18. The number of pyridine rings is 1. The summed E-state index contributed by atoms with van der Waals surface area (Å²) in [5.41, 5.74) is -0.616. The van der Waals surface area contributed by atoms with Gasteiger partial charge in [0.15, 0.2) is 0 Å². The molecule has 0 amide bonds. The molecule has 0 aliphatic rings. The van der Waals surface area contributed by atoms with Crippen molar-refractivity contribution in [1.29, 1.82) is 0 Å². The minimum absolute atomic E-state index is 0.204. The molecule has 11 heavy (non-hydrogen) atoms. The van der Waals surface area contributed by atoms with Crippen molar-refractivity contribution in [3.63, 3.8) is 0 Å². The molecule has 0 aliphatic carbocycles. The number of nitrogens with zero attached hydrogens (tertiary/aromatic N) is 1. The molecule has 0 bridgehead atoms. The van der Waals surface area contributed by atoms with Gasteiger partial charge in [-0.25, -0.2) is 0 Å². The van der Waals surface area contributed by atoms with Crippen molar-refractivity contribution in [3.8, 4) is 0 Å². The molecule has 60 valence electrons. The highest BCUT2D eigenvalue weighted by atomic mass is 19.4. The van der Waals surface area contributed by atoms with Crippen molar-refractivity contribution in [2.45, 2.75) is 13.1 Å². The maximum absolute atomic E-state index is 12.0. The van der Waals surface area contributed by atoms with Crippen LogP contribution in [0.1, 0.15) is 12.6 Å². The molecule has 0 N–H and O–H groups in total. The lowest BCUT2D eigenvalue weighted by Gasteiger charge is -2.05. The summed E-state index contributed by atoms with van der Waals surface area (Å²) in [6.45, 7) is 1.42. The molecule has 0 saturated heterocycles. The van der Waals surface area contributed by atoms with E-state index in [0.29, 0.717) is 6.07 Å². The third-order valence-electron chi connectivity index (χ3n) is 1.15. The molecule has 1 heterocycles. The van der Waals surface area contributed by atoms with Crippen LogP contribution < -0.4 is 0 Å². The van der Waals surface area contributed by atoms with E-state index in [9.17, 15) is 13.2 Å². The van der Waals surface area contributed by atoms with Crippen molar-refractivity contribution in [1.82, 2.24) is 4.98 Å². The van der Waals surface area contributed by atoms with Gasteiger partial charge >= 0.3 is 6.18 Å². The van der Waals surface area contributed by atoms with E-state index in [1.807, 2.05) is 0 Å². The quantitative estimate of drug-likeness (QED) is 0.570. The van der Waals surface area contributed by atoms with Crippen LogP contribution in [-0.4, -0.2) is 4.98 Å². The lowest BCUT2D eigenvalue weighted by atomic mass is 10.2. The van der Waals surface area contributed by atoms with Crippen molar-refractivity contribution in [2.75, 3.05) is 0 Å². The molecule has 1 rings (SSSR count). The first kappa shape index (κ1) is 6.64. The van der Waals surface area contributed by atoms with Crippen LogP contribution in [-0.2, 0) is 6.18 Å². The van der Waals surface area contributed by atoms with Gasteiger partial charge in [-0.1, -0.05) is 0 Å². The van der Waals surface area contributed by atoms with Crippen LogP contribution >= 0.6 is 0 Å². The second kappa shape index (κ2) is 2.53. The number of rotatable bonds is 0. The van der Waals surface area contributed by atoms with E-state index in [2.05, 4.69) is 4.98 Å². The Morgan fingerprint density at radius 3 is 2.64 bits per heavy atom. The highest BCUT2D eigenvalue weighted by Crippen LogP contribution is 2.28. The fourth-order valence-electron chi connectivity index (χ4n) is 0.666. The van der Waals surface area contributed by atoms with Crippen LogP contribution in [0, 0.1) is 6.92 Å². The van der Waals surface area contributed by atoms with E-state index in [0.717, 1.165) is 6.07 Å². The molecule has 0 saturated carbocycles. The van der Waals surface area contributed by atoms with E-state index >= 15 is 0 Å². The second-order valence-corrected chi connectivity index (χ2v) is 2.12. The van der Waals surface area contributed by atoms with Gasteiger partial charge < -0.3 is 0 Å².